The van der Waals surface area contributed by atoms with E-state index in [0.717, 1.165) is 38.4 Å². The molecule has 2 aromatic carbocycles. The Bertz CT molecular complexity index is 742. The molecule has 6 heteroatoms. The van der Waals surface area contributed by atoms with E-state index in [-0.39, 0.29) is 10.6 Å². The van der Waals surface area contributed by atoms with E-state index in [1.165, 1.54) is 5.56 Å². The highest BCUT2D eigenvalue weighted by Gasteiger charge is 2.18. The van der Waals surface area contributed by atoms with Crippen LogP contribution in [0.2, 0.25) is 0 Å². The molecule has 0 aromatic heterocycles. The number of piperazine rings is 1. The third kappa shape index (κ3) is 3.70. The third-order valence-electron chi connectivity index (χ3n) is 4.29. The van der Waals surface area contributed by atoms with E-state index in [1.807, 2.05) is 36.4 Å². The fourth-order valence-corrected chi connectivity index (χ4v) is 2.89. The smallest absolute Gasteiger partial charge is 0.269 e. The molecule has 0 bridgehead atoms. The number of nitro groups is 1. The minimum absolute atomic E-state index is 0.123. The van der Waals surface area contributed by atoms with Crippen molar-refractivity contribution in [3.05, 3.63) is 69.8 Å². The minimum atomic E-state index is -0.376. The first-order valence-electron chi connectivity index (χ1n) is 7.86. The zero-order valence-corrected chi connectivity index (χ0v) is 13.3. The SMILES string of the molecule is N#Cc1ccc(CN2CCN(c3ccc([N+](=O)[O-])cc3)CC2)cc1. The van der Waals surface area contributed by atoms with Gasteiger partial charge in [0.05, 0.1) is 16.6 Å². The number of hydrogen-bond acceptors (Lipinski definition) is 5. The summed E-state index contributed by atoms with van der Waals surface area (Å²) < 4.78 is 0. The molecule has 1 aliphatic heterocycles. The molecule has 0 aliphatic carbocycles. The Morgan fingerprint density at radius 2 is 1.62 bits per heavy atom. The summed E-state index contributed by atoms with van der Waals surface area (Å²) in [6, 6.07) is 16.6. The van der Waals surface area contributed by atoms with Crippen molar-refractivity contribution in [2.45, 2.75) is 6.54 Å². The normalized spacial score (nSPS) is 15.0. The standard InChI is InChI=1S/C18H18N4O2/c19-13-15-1-3-16(4-2-15)14-20-9-11-21(12-10-20)17-5-7-18(8-6-17)22(23)24/h1-8H,9-12,14H2. The molecule has 0 spiro atoms. The summed E-state index contributed by atoms with van der Waals surface area (Å²) in [7, 11) is 0. The van der Waals surface area contributed by atoms with Crippen LogP contribution in [-0.4, -0.2) is 36.0 Å². The van der Waals surface area contributed by atoms with E-state index in [0.29, 0.717) is 5.56 Å². The second-order valence-electron chi connectivity index (χ2n) is 5.85. The molecule has 2 aromatic rings. The molecule has 0 atom stereocenters. The number of hydrogen-bond donors (Lipinski definition) is 0. The maximum Gasteiger partial charge on any atom is 0.269 e. The molecule has 122 valence electrons. The van der Waals surface area contributed by atoms with Crippen molar-refractivity contribution in [2.75, 3.05) is 31.1 Å². The Balaban J connectivity index is 1.55. The van der Waals surface area contributed by atoms with E-state index in [4.69, 9.17) is 5.26 Å². The maximum atomic E-state index is 10.7. The summed E-state index contributed by atoms with van der Waals surface area (Å²) in [4.78, 5) is 15.0. The second kappa shape index (κ2) is 7.11. The Morgan fingerprint density at radius 3 is 2.17 bits per heavy atom. The van der Waals surface area contributed by atoms with Gasteiger partial charge in [0.25, 0.3) is 5.69 Å². The average Bonchev–Trinajstić information content (AvgIpc) is 2.63. The van der Waals surface area contributed by atoms with E-state index in [1.54, 1.807) is 12.1 Å². The molecule has 0 N–H and O–H groups in total. The van der Waals surface area contributed by atoms with Crippen molar-refractivity contribution in [2.24, 2.45) is 0 Å². The van der Waals surface area contributed by atoms with Gasteiger partial charge in [-0.2, -0.15) is 5.26 Å². The van der Waals surface area contributed by atoms with Crippen LogP contribution in [0.1, 0.15) is 11.1 Å². The summed E-state index contributed by atoms with van der Waals surface area (Å²) in [5.41, 5.74) is 3.04. The Morgan fingerprint density at radius 1 is 1.00 bits per heavy atom. The molecule has 1 heterocycles. The molecule has 24 heavy (non-hydrogen) atoms. The third-order valence-corrected chi connectivity index (χ3v) is 4.29. The van der Waals surface area contributed by atoms with Gasteiger partial charge in [0.15, 0.2) is 0 Å². The van der Waals surface area contributed by atoms with Gasteiger partial charge >= 0.3 is 0 Å². The molecule has 1 aliphatic rings. The van der Waals surface area contributed by atoms with Gasteiger partial charge in [-0.3, -0.25) is 15.0 Å². The van der Waals surface area contributed by atoms with Gasteiger partial charge in [0.2, 0.25) is 0 Å². The van der Waals surface area contributed by atoms with E-state index in [2.05, 4.69) is 15.9 Å². The Hall–Kier alpha value is -2.91. The fourth-order valence-electron chi connectivity index (χ4n) is 2.89. The molecule has 1 fully saturated rings. The summed E-state index contributed by atoms with van der Waals surface area (Å²) in [5, 5.41) is 19.5. The predicted molar refractivity (Wildman–Crippen MR) is 91.7 cm³/mol. The highest BCUT2D eigenvalue weighted by molar-refractivity contribution is 5.51. The number of rotatable bonds is 4. The van der Waals surface area contributed by atoms with Crippen LogP contribution in [0.4, 0.5) is 11.4 Å². The fraction of sp³-hybridized carbons (Fsp3) is 0.278. The Labute approximate surface area is 140 Å². The van der Waals surface area contributed by atoms with Crippen molar-refractivity contribution in [1.29, 1.82) is 5.26 Å². The summed E-state index contributed by atoms with van der Waals surface area (Å²) >= 11 is 0. The van der Waals surface area contributed by atoms with Crippen molar-refractivity contribution in [1.82, 2.24) is 4.90 Å². The van der Waals surface area contributed by atoms with Gasteiger partial charge in [-0.05, 0) is 29.8 Å². The molecule has 0 radical (unpaired) electrons. The van der Waals surface area contributed by atoms with Gasteiger partial charge in [0, 0.05) is 50.5 Å². The van der Waals surface area contributed by atoms with Crippen LogP contribution in [-0.2, 0) is 6.54 Å². The lowest BCUT2D eigenvalue weighted by atomic mass is 10.1. The first-order chi connectivity index (χ1) is 11.7. The second-order valence-corrected chi connectivity index (χ2v) is 5.85. The first-order valence-corrected chi connectivity index (χ1v) is 7.86. The lowest BCUT2D eigenvalue weighted by Crippen LogP contribution is -2.45. The van der Waals surface area contributed by atoms with Crippen molar-refractivity contribution < 1.29 is 4.92 Å². The molecule has 6 nitrogen and oxygen atoms in total. The highest BCUT2D eigenvalue weighted by atomic mass is 16.6. The molecule has 0 amide bonds. The van der Waals surface area contributed by atoms with Crippen molar-refractivity contribution in [3.63, 3.8) is 0 Å². The van der Waals surface area contributed by atoms with Crippen LogP contribution in [0.25, 0.3) is 0 Å². The summed E-state index contributed by atoms with van der Waals surface area (Å²) in [5.74, 6) is 0. The topological polar surface area (TPSA) is 73.4 Å². The van der Waals surface area contributed by atoms with E-state index < -0.39 is 0 Å². The van der Waals surface area contributed by atoms with Gasteiger partial charge in [0.1, 0.15) is 0 Å². The predicted octanol–water partition coefficient (Wildman–Crippen LogP) is 2.79. The summed E-state index contributed by atoms with van der Waals surface area (Å²) in [6.45, 7) is 4.55. The van der Waals surface area contributed by atoms with E-state index in [9.17, 15) is 10.1 Å². The molecule has 0 saturated carbocycles. The van der Waals surface area contributed by atoms with Crippen LogP contribution < -0.4 is 4.90 Å². The van der Waals surface area contributed by atoms with Gasteiger partial charge in [-0.1, -0.05) is 12.1 Å². The molecule has 3 rings (SSSR count). The van der Waals surface area contributed by atoms with Crippen molar-refractivity contribution in [3.8, 4) is 6.07 Å². The van der Waals surface area contributed by atoms with E-state index >= 15 is 0 Å². The monoisotopic (exact) mass is 322 g/mol. The van der Waals surface area contributed by atoms with Crippen LogP contribution >= 0.6 is 0 Å². The number of anilines is 1. The number of nitriles is 1. The summed E-state index contributed by atoms with van der Waals surface area (Å²) in [6.07, 6.45) is 0. The largest absolute Gasteiger partial charge is 0.369 e. The van der Waals surface area contributed by atoms with Crippen LogP contribution in [0.5, 0.6) is 0 Å². The first kappa shape index (κ1) is 16.0. The Kier molecular flexibility index (Phi) is 4.73. The van der Waals surface area contributed by atoms with Crippen LogP contribution in [0.15, 0.2) is 48.5 Å². The van der Waals surface area contributed by atoms with Crippen LogP contribution in [0, 0.1) is 21.4 Å². The quantitative estimate of drug-likeness (QED) is 0.639. The number of non-ortho nitro benzene ring substituents is 1. The lowest BCUT2D eigenvalue weighted by molar-refractivity contribution is -0.384. The maximum absolute atomic E-state index is 10.7. The zero-order valence-electron chi connectivity index (χ0n) is 13.3. The van der Waals surface area contributed by atoms with Gasteiger partial charge in [-0.15, -0.1) is 0 Å². The molecular formula is C18H18N4O2. The number of benzene rings is 2. The lowest BCUT2D eigenvalue weighted by Gasteiger charge is -2.36. The number of nitro benzene ring substituents is 1. The molecular weight excluding hydrogens is 304 g/mol. The van der Waals surface area contributed by atoms with Gasteiger partial charge in [-0.25, -0.2) is 0 Å². The highest BCUT2D eigenvalue weighted by Crippen LogP contribution is 2.21. The number of nitrogens with zero attached hydrogens (tertiary/aromatic N) is 4. The molecule has 0 unspecified atom stereocenters. The van der Waals surface area contributed by atoms with Gasteiger partial charge < -0.3 is 4.90 Å². The zero-order chi connectivity index (χ0) is 16.9. The minimum Gasteiger partial charge on any atom is -0.369 e. The van der Waals surface area contributed by atoms with Crippen LogP contribution in [0.3, 0.4) is 0 Å². The average molecular weight is 322 g/mol. The molecule has 1 saturated heterocycles. The van der Waals surface area contributed by atoms with Crippen molar-refractivity contribution >= 4 is 11.4 Å².